The normalized spacial score (nSPS) is 11.3. The van der Waals surface area contributed by atoms with E-state index >= 15 is 0 Å². The Bertz CT molecular complexity index is 924. The van der Waals surface area contributed by atoms with Crippen LogP contribution < -0.4 is 10.6 Å². The number of rotatable bonds is 9. The molecule has 0 atom stereocenters. The molecule has 166 valence electrons. The summed E-state index contributed by atoms with van der Waals surface area (Å²) in [5, 5.41) is 10.6. The Morgan fingerprint density at radius 2 is 1.55 bits per heavy atom. The van der Waals surface area contributed by atoms with Crippen molar-refractivity contribution >= 4 is 29.9 Å². The highest BCUT2D eigenvalue weighted by Crippen LogP contribution is 2.13. The smallest absolute Gasteiger partial charge is 0.191 e. The zero-order chi connectivity index (χ0) is 21.2. The van der Waals surface area contributed by atoms with Crippen LogP contribution in [-0.4, -0.2) is 18.2 Å². The number of benzene rings is 2. The van der Waals surface area contributed by atoms with Crippen LogP contribution in [0.5, 0.6) is 0 Å². The molecule has 3 aromatic rings. The minimum atomic E-state index is 0. The number of nitrogens with zero attached hydrogens (tertiary/aromatic N) is 2. The summed E-state index contributed by atoms with van der Waals surface area (Å²) >= 11 is 0. The zero-order valence-corrected chi connectivity index (χ0v) is 20.6. The molecule has 7 heteroatoms. The van der Waals surface area contributed by atoms with Gasteiger partial charge in [0, 0.05) is 19.7 Å². The van der Waals surface area contributed by atoms with Gasteiger partial charge in [-0.15, -0.1) is 24.0 Å². The van der Waals surface area contributed by atoms with Crippen LogP contribution in [0.1, 0.15) is 47.9 Å². The maximum absolute atomic E-state index is 5.79. The minimum Gasteiger partial charge on any atom is -0.372 e. The van der Waals surface area contributed by atoms with Gasteiger partial charge in [0.25, 0.3) is 0 Å². The molecule has 0 aliphatic carbocycles. The second kappa shape index (κ2) is 13.1. The first-order valence-corrected chi connectivity index (χ1v) is 10.2. The lowest BCUT2D eigenvalue weighted by atomic mass is 10.1. The number of aliphatic imine (C=N–C) groups is 1. The first kappa shape index (κ1) is 24.9. The average Bonchev–Trinajstić information content (AvgIpc) is 3.25. The van der Waals surface area contributed by atoms with E-state index in [1.54, 1.807) is 7.05 Å². The molecule has 0 radical (unpaired) electrons. The van der Waals surface area contributed by atoms with E-state index in [4.69, 9.17) is 9.26 Å². The summed E-state index contributed by atoms with van der Waals surface area (Å²) in [5.74, 6) is 1.86. The largest absolute Gasteiger partial charge is 0.372 e. The fourth-order valence-electron chi connectivity index (χ4n) is 2.88. The van der Waals surface area contributed by atoms with Gasteiger partial charge in [-0.05, 0) is 22.6 Å². The van der Waals surface area contributed by atoms with Crippen molar-refractivity contribution in [3.8, 4) is 0 Å². The van der Waals surface area contributed by atoms with E-state index in [2.05, 4.69) is 71.0 Å². The Kier molecular flexibility index (Phi) is 10.5. The molecular formula is C24H31IN4O2. The molecule has 0 aliphatic heterocycles. The van der Waals surface area contributed by atoms with Gasteiger partial charge in [-0.3, -0.25) is 4.99 Å². The van der Waals surface area contributed by atoms with Crippen molar-refractivity contribution in [2.75, 3.05) is 7.05 Å². The standard InChI is InChI=1S/C24H30N4O2.HI/c1-18(2)23-13-22(30-28-23)15-27-24(25-3)26-14-19-9-11-21(12-10-19)17-29-16-20-7-5-4-6-8-20;/h4-13,18H,14-17H2,1-3H3,(H2,25,26,27);1H. The highest BCUT2D eigenvalue weighted by molar-refractivity contribution is 14.0. The Labute approximate surface area is 201 Å². The molecule has 2 N–H and O–H groups in total. The van der Waals surface area contributed by atoms with Crippen molar-refractivity contribution in [2.45, 2.75) is 46.1 Å². The molecule has 0 amide bonds. The maximum Gasteiger partial charge on any atom is 0.191 e. The highest BCUT2D eigenvalue weighted by atomic mass is 127. The van der Waals surface area contributed by atoms with Gasteiger partial charge in [0.05, 0.1) is 25.5 Å². The molecule has 2 aromatic carbocycles. The zero-order valence-electron chi connectivity index (χ0n) is 18.3. The molecule has 0 aliphatic rings. The molecular weight excluding hydrogens is 503 g/mol. The van der Waals surface area contributed by atoms with Crippen LogP contribution >= 0.6 is 24.0 Å². The van der Waals surface area contributed by atoms with Crippen molar-refractivity contribution in [3.63, 3.8) is 0 Å². The van der Waals surface area contributed by atoms with Gasteiger partial charge in [-0.25, -0.2) is 0 Å². The SMILES string of the molecule is CN=C(NCc1ccc(COCc2ccccc2)cc1)NCc1cc(C(C)C)no1.I. The summed E-state index contributed by atoms with van der Waals surface area (Å²) in [6.07, 6.45) is 0. The first-order valence-electron chi connectivity index (χ1n) is 10.2. The van der Waals surface area contributed by atoms with Crippen LogP contribution in [-0.2, 0) is 31.0 Å². The van der Waals surface area contributed by atoms with E-state index in [-0.39, 0.29) is 24.0 Å². The van der Waals surface area contributed by atoms with Crippen molar-refractivity contribution in [3.05, 3.63) is 88.8 Å². The second-order valence-electron chi connectivity index (χ2n) is 7.45. The van der Waals surface area contributed by atoms with E-state index in [0.717, 1.165) is 17.0 Å². The summed E-state index contributed by atoms with van der Waals surface area (Å²) in [7, 11) is 1.75. The maximum atomic E-state index is 5.79. The van der Waals surface area contributed by atoms with Crippen LogP contribution in [0.3, 0.4) is 0 Å². The predicted molar refractivity (Wildman–Crippen MR) is 134 cm³/mol. The molecule has 3 rings (SSSR count). The lowest BCUT2D eigenvalue weighted by Gasteiger charge is -2.11. The number of guanidine groups is 1. The molecule has 31 heavy (non-hydrogen) atoms. The van der Waals surface area contributed by atoms with Gasteiger partial charge < -0.3 is 19.9 Å². The Balaban J connectivity index is 0.00000341. The van der Waals surface area contributed by atoms with Crippen LogP contribution in [0.25, 0.3) is 0 Å². The van der Waals surface area contributed by atoms with Gasteiger partial charge in [0.2, 0.25) is 0 Å². The van der Waals surface area contributed by atoms with Gasteiger partial charge in [-0.2, -0.15) is 0 Å². The molecule has 0 saturated heterocycles. The summed E-state index contributed by atoms with van der Waals surface area (Å²) in [5.41, 5.74) is 4.47. The fraction of sp³-hybridized carbons (Fsp3) is 0.333. The van der Waals surface area contributed by atoms with Gasteiger partial charge >= 0.3 is 0 Å². The Morgan fingerprint density at radius 3 is 2.16 bits per heavy atom. The molecule has 6 nitrogen and oxygen atoms in total. The number of hydrogen-bond acceptors (Lipinski definition) is 4. The van der Waals surface area contributed by atoms with Crippen LogP contribution in [0.4, 0.5) is 0 Å². The van der Waals surface area contributed by atoms with Crippen molar-refractivity contribution < 1.29 is 9.26 Å². The Hall–Kier alpha value is -2.39. The van der Waals surface area contributed by atoms with Crippen LogP contribution in [0, 0.1) is 0 Å². The molecule has 0 unspecified atom stereocenters. The van der Waals surface area contributed by atoms with E-state index in [1.165, 1.54) is 11.1 Å². The molecule has 0 bridgehead atoms. The number of hydrogen-bond donors (Lipinski definition) is 2. The predicted octanol–water partition coefficient (Wildman–Crippen LogP) is 5.00. The van der Waals surface area contributed by atoms with Crippen molar-refractivity contribution in [1.82, 2.24) is 15.8 Å². The third-order valence-electron chi connectivity index (χ3n) is 4.69. The minimum absolute atomic E-state index is 0. The molecule has 0 saturated carbocycles. The summed E-state index contributed by atoms with van der Waals surface area (Å²) in [6, 6.07) is 20.6. The fourth-order valence-corrected chi connectivity index (χ4v) is 2.88. The number of ether oxygens (including phenoxy) is 1. The average molecular weight is 534 g/mol. The summed E-state index contributed by atoms with van der Waals surface area (Å²) < 4.78 is 11.1. The van der Waals surface area contributed by atoms with Crippen LogP contribution in [0.2, 0.25) is 0 Å². The lowest BCUT2D eigenvalue weighted by molar-refractivity contribution is 0.107. The van der Waals surface area contributed by atoms with Gasteiger partial charge in [0.15, 0.2) is 11.7 Å². The van der Waals surface area contributed by atoms with Gasteiger partial charge in [0.1, 0.15) is 0 Å². The molecule has 1 aromatic heterocycles. The molecule has 1 heterocycles. The monoisotopic (exact) mass is 534 g/mol. The van der Waals surface area contributed by atoms with E-state index in [0.29, 0.717) is 38.2 Å². The van der Waals surface area contributed by atoms with Crippen molar-refractivity contribution in [1.29, 1.82) is 0 Å². The van der Waals surface area contributed by atoms with Gasteiger partial charge in [-0.1, -0.05) is 73.6 Å². The first-order chi connectivity index (χ1) is 14.6. The number of nitrogens with one attached hydrogen (secondary N) is 2. The number of aromatic nitrogens is 1. The highest BCUT2D eigenvalue weighted by Gasteiger charge is 2.08. The quantitative estimate of drug-likeness (QED) is 0.230. The second-order valence-corrected chi connectivity index (χ2v) is 7.45. The molecule has 0 spiro atoms. The summed E-state index contributed by atoms with van der Waals surface area (Å²) in [4.78, 5) is 4.26. The Morgan fingerprint density at radius 1 is 0.935 bits per heavy atom. The molecule has 0 fully saturated rings. The number of halogens is 1. The van der Waals surface area contributed by atoms with Crippen molar-refractivity contribution in [2.24, 2.45) is 4.99 Å². The lowest BCUT2D eigenvalue weighted by Crippen LogP contribution is -2.36. The van der Waals surface area contributed by atoms with Crippen LogP contribution in [0.15, 0.2) is 70.2 Å². The van der Waals surface area contributed by atoms with E-state index < -0.39 is 0 Å². The third-order valence-corrected chi connectivity index (χ3v) is 4.69. The van der Waals surface area contributed by atoms with E-state index in [1.807, 2.05) is 24.3 Å². The topological polar surface area (TPSA) is 71.7 Å². The summed E-state index contributed by atoms with van der Waals surface area (Å²) in [6.45, 7) is 6.62. The third kappa shape index (κ3) is 8.34. The van der Waals surface area contributed by atoms with E-state index in [9.17, 15) is 0 Å².